The molecule has 1 N–H and O–H groups in total. The molecule has 3 nitrogen and oxygen atoms in total. The molecule has 0 aromatic heterocycles. The Morgan fingerprint density at radius 3 is 2.88 bits per heavy atom. The molecule has 0 amide bonds. The second kappa shape index (κ2) is 8.97. The maximum absolute atomic E-state index is 5.59. The summed E-state index contributed by atoms with van der Waals surface area (Å²) in [5, 5.41) is 3.59. The third kappa shape index (κ3) is 5.83. The van der Waals surface area contributed by atoms with Crippen molar-refractivity contribution in [3.05, 3.63) is 0 Å². The maximum atomic E-state index is 5.59. The van der Waals surface area contributed by atoms with Gasteiger partial charge in [-0.25, -0.2) is 0 Å². The first-order chi connectivity index (χ1) is 7.86. The molecule has 1 atom stereocenters. The Bertz CT molecular complexity index is 164. The van der Waals surface area contributed by atoms with Crippen molar-refractivity contribution < 1.29 is 4.74 Å². The zero-order chi connectivity index (χ0) is 11.6. The van der Waals surface area contributed by atoms with Crippen molar-refractivity contribution in [2.45, 2.75) is 45.6 Å². The number of nitrogens with one attached hydrogen (secondary N) is 1. The minimum atomic E-state index is 0.718. The summed E-state index contributed by atoms with van der Waals surface area (Å²) in [6.07, 6.45) is 4.96. The van der Waals surface area contributed by atoms with Crippen LogP contribution < -0.4 is 5.32 Å². The quantitative estimate of drug-likeness (QED) is 0.610. The fourth-order valence-electron chi connectivity index (χ4n) is 2.09. The average Bonchev–Trinajstić information content (AvgIpc) is 2.74. The van der Waals surface area contributed by atoms with E-state index in [1.165, 1.54) is 38.8 Å². The molecule has 0 aliphatic carbocycles. The van der Waals surface area contributed by atoms with Crippen LogP contribution in [-0.4, -0.2) is 50.3 Å². The Morgan fingerprint density at radius 2 is 2.12 bits per heavy atom. The van der Waals surface area contributed by atoms with Gasteiger partial charge >= 0.3 is 0 Å². The van der Waals surface area contributed by atoms with Gasteiger partial charge in [-0.1, -0.05) is 20.3 Å². The summed E-state index contributed by atoms with van der Waals surface area (Å²) in [7, 11) is 0. The highest BCUT2D eigenvalue weighted by Gasteiger charge is 2.20. The molecule has 0 aromatic rings. The van der Waals surface area contributed by atoms with Gasteiger partial charge in [0.25, 0.3) is 0 Å². The van der Waals surface area contributed by atoms with Gasteiger partial charge in [0.1, 0.15) is 0 Å². The Balaban J connectivity index is 1.94. The molecular weight excluding hydrogens is 200 g/mol. The van der Waals surface area contributed by atoms with Crippen LogP contribution in [0.5, 0.6) is 0 Å². The van der Waals surface area contributed by atoms with Crippen LogP contribution in [0.15, 0.2) is 0 Å². The Labute approximate surface area is 101 Å². The number of ether oxygens (including phenoxy) is 1. The van der Waals surface area contributed by atoms with Crippen LogP contribution in [-0.2, 0) is 4.74 Å². The van der Waals surface area contributed by atoms with E-state index in [1.807, 2.05) is 0 Å². The van der Waals surface area contributed by atoms with Gasteiger partial charge in [0.2, 0.25) is 0 Å². The summed E-state index contributed by atoms with van der Waals surface area (Å²) in [5.74, 6) is 0. The molecule has 1 saturated heterocycles. The van der Waals surface area contributed by atoms with Crippen molar-refractivity contribution in [2.75, 3.05) is 39.4 Å². The minimum Gasteiger partial charge on any atom is -0.380 e. The van der Waals surface area contributed by atoms with Gasteiger partial charge in [0.15, 0.2) is 0 Å². The topological polar surface area (TPSA) is 24.5 Å². The molecular formula is C13H28N2O. The lowest BCUT2D eigenvalue weighted by molar-refractivity contribution is 0.108. The van der Waals surface area contributed by atoms with Crippen LogP contribution in [0.1, 0.15) is 39.5 Å². The maximum Gasteiger partial charge on any atom is 0.0593 e. The van der Waals surface area contributed by atoms with E-state index in [-0.39, 0.29) is 0 Å². The highest BCUT2D eigenvalue weighted by molar-refractivity contribution is 4.80. The van der Waals surface area contributed by atoms with Gasteiger partial charge in [-0.2, -0.15) is 0 Å². The summed E-state index contributed by atoms with van der Waals surface area (Å²) < 4.78 is 5.59. The summed E-state index contributed by atoms with van der Waals surface area (Å²) >= 11 is 0. The lowest BCUT2D eigenvalue weighted by atomic mass is 10.2. The van der Waals surface area contributed by atoms with E-state index < -0.39 is 0 Å². The third-order valence-electron chi connectivity index (χ3n) is 3.15. The van der Waals surface area contributed by atoms with Crippen molar-refractivity contribution in [1.82, 2.24) is 10.2 Å². The Hall–Kier alpha value is -0.120. The lowest BCUT2D eigenvalue weighted by Crippen LogP contribution is -2.34. The van der Waals surface area contributed by atoms with Crippen molar-refractivity contribution in [3.8, 4) is 0 Å². The van der Waals surface area contributed by atoms with Gasteiger partial charge < -0.3 is 10.1 Å². The van der Waals surface area contributed by atoms with E-state index in [1.54, 1.807) is 0 Å². The summed E-state index contributed by atoms with van der Waals surface area (Å²) in [6.45, 7) is 11.0. The van der Waals surface area contributed by atoms with Crippen molar-refractivity contribution >= 4 is 0 Å². The first-order valence-electron chi connectivity index (χ1n) is 6.90. The highest BCUT2D eigenvalue weighted by Crippen LogP contribution is 2.08. The van der Waals surface area contributed by atoms with Crippen LogP contribution in [0.2, 0.25) is 0 Å². The normalized spacial score (nSPS) is 21.8. The molecule has 1 aliphatic rings. The summed E-state index contributed by atoms with van der Waals surface area (Å²) in [5.41, 5.74) is 0. The average molecular weight is 228 g/mol. The number of rotatable bonds is 9. The number of hydrogen-bond acceptors (Lipinski definition) is 3. The molecule has 0 aromatic carbocycles. The van der Waals surface area contributed by atoms with E-state index >= 15 is 0 Å². The predicted octanol–water partition coefficient (Wildman–Crippen LogP) is 1.88. The molecule has 0 radical (unpaired) electrons. The third-order valence-corrected chi connectivity index (χ3v) is 3.15. The van der Waals surface area contributed by atoms with Gasteiger partial charge in [0.05, 0.1) is 6.61 Å². The zero-order valence-electron chi connectivity index (χ0n) is 11.0. The minimum absolute atomic E-state index is 0.718. The Morgan fingerprint density at radius 1 is 1.25 bits per heavy atom. The first kappa shape index (κ1) is 13.9. The van der Waals surface area contributed by atoms with Crippen molar-refractivity contribution in [2.24, 2.45) is 0 Å². The van der Waals surface area contributed by atoms with E-state index in [0.717, 1.165) is 32.3 Å². The second-order valence-corrected chi connectivity index (χ2v) is 4.71. The van der Waals surface area contributed by atoms with Crippen LogP contribution in [0.3, 0.4) is 0 Å². The molecule has 0 spiro atoms. The first-order valence-corrected chi connectivity index (χ1v) is 6.90. The molecule has 16 heavy (non-hydrogen) atoms. The molecule has 0 bridgehead atoms. The van der Waals surface area contributed by atoms with Gasteiger partial charge in [0, 0.05) is 25.7 Å². The monoisotopic (exact) mass is 228 g/mol. The molecule has 96 valence electrons. The van der Waals surface area contributed by atoms with E-state index in [4.69, 9.17) is 4.74 Å². The molecule has 1 aliphatic heterocycles. The predicted molar refractivity (Wildman–Crippen MR) is 68.9 cm³/mol. The SMILES string of the molecule is CCCCOCCN1CCC(NCCC)C1. The van der Waals surface area contributed by atoms with Gasteiger partial charge in [-0.15, -0.1) is 0 Å². The molecule has 1 unspecified atom stereocenters. The fraction of sp³-hybridized carbons (Fsp3) is 1.00. The summed E-state index contributed by atoms with van der Waals surface area (Å²) in [6, 6.07) is 0.718. The molecule has 1 rings (SSSR count). The number of unbranched alkanes of at least 4 members (excludes halogenated alkanes) is 1. The number of hydrogen-bond donors (Lipinski definition) is 1. The zero-order valence-corrected chi connectivity index (χ0v) is 11.0. The standard InChI is InChI=1S/C13H28N2O/c1-3-5-10-16-11-9-15-8-6-13(12-15)14-7-4-2/h13-14H,3-12H2,1-2H3. The number of nitrogens with zero attached hydrogens (tertiary/aromatic N) is 1. The van der Waals surface area contributed by atoms with Gasteiger partial charge in [-0.3, -0.25) is 4.90 Å². The van der Waals surface area contributed by atoms with Crippen LogP contribution >= 0.6 is 0 Å². The van der Waals surface area contributed by atoms with Crippen LogP contribution in [0, 0.1) is 0 Å². The summed E-state index contributed by atoms with van der Waals surface area (Å²) in [4.78, 5) is 2.51. The molecule has 3 heteroatoms. The molecule has 1 fully saturated rings. The van der Waals surface area contributed by atoms with Crippen molar-refractivity contribution in [1.29, 1.82) is 0 Å². The van der Waals surface area contributed by atoms with Crippen molar-refractivity contribution in [3.63, 3.8) is 0 Å². The second-order valence-electron chi connectivity index (χ2n) is 4.71. The van der Waals surface area contributed by atoms with Gasteiger partial charge in [-0.05, 0) is 32.4 Å². The largest absolute Gasteiger partial charge is 0.380 e. The Kier molecular flexibility index (Phi) is 7.81. The highest BCUT2D eigenvalue weighted by atomic mass is 16.5. The van der Waals surface area contributed by atoms with Crippen LogP contribution in [0.25, 0.3) is 0 Å². The fourth-order valence-corrected chi connectivity index (χ4v) is 2.09. The molecule has 1 heterocycles. The van der Waals surface area contributed by atoms with E-state index in [9.17, 15) is 0 Å². The van der Waals surface area contributed by atoms with Crippen LogP contribution in [0.4, 0.5) is 0 Å². The van der Waals surface area contributed by atoms with E-state index in [0.29, 0.717) is 0 Å². The smallest absolute Gasteiger partial charge is 0.0593 e. The molecule has 0 saturated carbocycles. The van der Waals surface area contributed by atoms with E-state index in [2.05, 4.69) is 24.1 Å². The number of likely N-dealkylation sites (tertiary alicyclic amines) is 1. The lowest BCUT2D eigenvalue weighted by Gasteiger charge is -2.16.